The topological polar surface area (TPSA) is 55.4 Å². The van der Waals surface area contributed by atoms with Gasteiger partial charge in [-0.15, -0.1) is 0 Å². The minimum atomic E-state index is -0.826. The van der Waals surface area contributed by atoms with Gasteiger partial charge < -0.3 is 10.1 Å². The van der Waals surface area contributed by atoms with Crippen LogP contribution in [0.15, 0.2) is 30.3 Å². The lowest BCUT2D eigenvalue weighted by atomic mass is 10.1. The Morgan fingerprint density at radius 3 is 2.67 bits per heavy atom. The Balaban J connectivity index is 2.18. The van der Waals surface area contributed by atoms with Gasteiger partial charge in [-0.3, -0.25) is 9.59 Å². The van der Waals surface area contributed by atoms with E-state index in [0.717, 1.165) is 31.2 Å². The van der Waals surface area contributed by atoms with Crippen molar-refractivity contribution in [3.05, 3.63) is 35.9 Å². The van der Waals surface area contributed by atoms with Crippen molar-refractivity contribution in [2.75, 3.05) is 6.54 Å². The molecule has 0 fully saturated rings. The summed E-state index contributed by atoms with van der Waals surface area (Å²) in [5.74, 6) is -0.319. The number of carbonyl (C=O) groups is 1. The van der Waals surface area contributed by atoms with Crippen molar-refractivity contribution in [1.82, 2.24) is 5.32 Å². The van der Waals surface area contributed by atoms with Gasteiger partial charge in [0.2, 0.25) is 6.29 Å². The molecular weight excluding hydrogens is 266 g/mol. The Morgan fingerprint density at radius 2 is 2.00 bits per heavy atom. The number of carbonyl (C=O) groups excluding carboxylic acids is 2. The first-order chi connectivity index (χ1) is 10.3. The minimum Gasteiger partial charge on any atom is -0.452 e. The molecule has 4 heteroatoms. The van der Waals surface area contributed by atoms with Gasteiger partial charge in [0.05, 0.1) is 0 Å². The second-order valence-electron chi connectivity index (χ2n) is 5.02. The summed E-state index contributed by atoms with van der Waals surface area (Å²) in [7, 11) is 0. The molecule has 1 aromatic carbocycles. The molecular formula is C17H24NO3. The van der Waals surface area contributed by atoms with Crippen molar-refractivity contribution in [2.45, 2.75) is 51.7 Å². The van der Waals surface area contributed by atoms with Crippen LogP contribution in [-0.4, -0.2) is 24.9 Å². The van der Waals surface area contributed by atoms with Gasteiger partial charge in [0.25, 0.3) is 0 Å². The Hall–Kier alpha value is -1.68. The molecule has 0 amide bonds. The van der Waals surface area contributed by atoms with Gasteiger partial charge >= 0.3 is 5.97 Å². The van der Waals surface area contributed by atoms with Crippen LogP contribution in [0.2, 0.25) is 0 Å². The van der Waals surface area contributed by atoms with Crippen molar-refractivity contribution >= 4 is 12.3 Å². The van der Waals surface area contributed by atoms with Crippen LogP contribution in [-0.2, 0) is 20.9 Å². The molecule has 1 unspecified atom stereocenters. The van der Waals surface area contributed by atoms with Crippen molar-refractivity contribution < 1.29 is 14.3 Å². The molecule has 4 nitrogen and oxygen atoms in total. The summed E-state index contributed by atoms with van der Waals surface area (Å²) < 4.78 is 5.09. The first-order valence-electron chi connectivity index (χ1n) is 7.58. The van der Waals surface area contributed by atoms with Gasteiger partial charge in [-0.25, -0.2) is 0 Å². The van der Waals surface area contributed by atoms with Gasteiger partial charge in [-0.1, -0.05) is 56.5 Å². The van der Waals surface area contributed by atoms with E-state index in [1.165, 1.54) is 0 Å². The summed E-state index contributed by atoms with van der Waals surface area (Å²) in [6, 6.07) is 9.85. The van der Waals surface area contributed by atoms with Crippen LogP contribution in [0.25, 0.3) is 0 Å². The van der Waals surface area contributed by atoms with E-state index >= 15 is 0 Å². The van der Waals surface area contributed by atoms with Crippen LogP contribution in [0, 0.1) is 0 Å². The van der Waals surface area contributed by atoms with E-state index in [9.17, 15) is 9.59 Å². The first-order valence-corrected chi connectivity index (χ1v) is 7.58. The van der Waals surface area contributed by atoms with Crippen molar-refractivity contribution in [2.24, 2.45) is 0 Å². The third-order valence-corrected chi connectivity index (χ3v) is 3.14. The van der Waals surface area contributed by atoms with E-state index in [-0.39, 0.29) is 5.97 Å². The third-order valence-electron chi connectivity index (χ3n) is 3.14. The number of nitrogens with one attached hydrogen (secondary N) is 1. The van der Waals surface area contributed by atoms with Crippen LogP contribution in [0.3, 0.4) is 0 Å². The van der Waals surface area contributed by atoms with E-state index in [1.807, 2.05) is 30.3 Å². The van der Waals surface area contributed by atoms with Gasteiger partial charge in [-0.05, 0) is 12.0 Å². The minimum absolute atomic E-state index is 0.291. The lowest BCUT2D eigenvalue weighted by Crippen LogP contribution is -2.31. The highest BCUT2D eigenvalue weighted by Gasteiger charge is 2.13. The van der Waals surface area contributed by atoms with Crippen LogP contribution < -0.4 is 5.32 Å². The average Bonchev–Trinajstić information content (AvgIpc) is 2.51. The highest BCUT2D eigenvalue weighted by Crippen LogP contribution is 2.04. The van der Waals surface area contributed by atoms with Crippen LogP contribution in [0.1, 0.15) is 44.6 Å². The molecule has 0 aliphatic carbocycles. The molecule has 0 bridgehead atoms. The number of benzene rings is 1. The van der Waals surface area contributed by atoms with Gasteiger partial charge in [0.15, 0.2) is 6.10 Å². The lowest BCUT2D eigenvalue weighted by molar-refractivity contribution is -0.146. The fourth-order valence-electron chi connectivity index (χ4n) is 1.96. The number of unbranched alkanes of at least 4 members (excludes halogenated alkanes) is 3. The molecule has 1 N–H and O–H groups in total. The molecule has 0 saturated heterocycles. The maximum absolute atomic E-state index is 11.6. The maximum atomic E-state index is 11.6. The van der Waals surface area contributed by atoms with E-state index in [4.69, 9.17) is 4.74 Å². The van der Waals surface area contributed by atoms with Crippen molar-refractivity contribution in [3.8, 4) is 0 Å². The van der Waals surface area contributed by atoms with Crippen LogP contribution in [0.5, 0.6) is 0 Å². The summed E-state index contributed by atoms with van der Waals surface area (Å²) >= 11 is 0. The summed E-state index contributed by atoms with van der Waals surface area (Å²) in [4.78, 5) is 22.4. The fraction of sp³-hybridized carbons (Fsp3) is 0.529. The first kappa shape index (κ1) is 17.4. The zero-order valence-electron chi connectivity index (χ0n) is 12.6. The summed E-state index contributed by atoms with van der Waals surface area (Å²) in [6.07, 6.45) is 5.40. The molecule has 0 heterocycles. The van der Waals surface area contributed by atoms with Crippen molar-refractivity contribution in [1.29, 1.82) is 0 Å². The summed E-state index contributed by atoms with van der Waals surface area (Å²) in [5, 5.41) is 3.09. The number of esters is 1. The van der Waals surface area contributed by atoms with E-state index in [1.54, 1.807) is 6.29 Å². The second-order valence-corrected chi connectivity index (χ2v) is 5.02. The Morgan fingerprint density at radius 1 is 1.24 bits per heavy atom. The quantitative estimate of drug-likeness (QED) is 0.503. The molecule has 0 aliphatic heterocycles. The molecule has 0 aromatic heterocycles. The fourth-order valence-corrected chi connectivity index (χ4v) is 1.96. The third kappa shape index (κ3) is 8.25. The highest BCUT2D eigenvalue weighted by atomic mass is 16.5. The molecule has 0 spiro atoms. The largest absolute Gasteiger partial charge is 0.452 e. The molecule has 1 rings (SSSR count). The standard InChI is InChI=1S/C17H24NO3/c1-2-3-4-8-11-17(20)21-16(14-19)13-18-12-15-9-6-5-7-10-15/h5-7,9-10,16,18H,2-4,8,11-13H2,1H3. The molecule has 0 aliphatic rings. The number of hydrogen-bond acceptors (Lipinski definition) is 4. The number of ether oxygens (including phenoxy) is 1. The zero-order chi connectivity index (χ0) is 15.3. The van der Waals surface area contributed by atoms with E-state index in [0.29, 0.717) is 19.5 Å². The predicted molar refractivity (Wildman–Crippen MR) is 82.5 cm³/mol. The van der Waals surface area contributed by atoms with Crippen LogP contribution >= 0.6 is 0 Å². The number of hydrogen-bond donors (Lipinski definition) is 1. The SMILES string of the molecule is CCCCCCC(=O)OC([C]=O)CNCc1ccccc1. The zero-order valence-corrected chi connectivity index (χ0v) is 12.6. The maximum Gasteiger partial charge on any atom is 0.306 e. The average molecular weight is 290 g/mol. The summed E-state index contributed by atoms with van der Waals surface area (Å²) in [5.41, 5.74) is 1.12. The normalized spacial score (nSPS) is 11.9. The molecule has 1 aromatic rings. The summed E-state index contributed by atoms with van der Waals surface area (Å²) in [6.45, 7) is 3.04. The highest BCUT2D eigenvalue weighted by molar-refractivity contribution is 5.72. The van der Waals surface area contributed by atoms with Crippen molar-refractivity contribution in [3.63, 3.8) is 0 Å². The van der Waals surface area contributed by atoms with Crippen LogP contribution in [0.4, 0.5) is 0 Å². The second kappa shape index (κ2) is 11.0. The molecule has 21 heavy (non-hydrogen) atoms. The van der Waals surface area contributed by atoms with Gasteiger partial charge in [0, 0.05) is 19.5 Å². The smallest absolute Gasteiger partial charge is 0.306 e. The van der Waals surface area contributed by atoms with E-state index < -0.39 is 6.10 Å². The molecule has 115 valence electrons. The Bertz CT molecular complexity index is 406. The lowest BCUT2D eigenvalue weighted by Gasteiger charge is -2.12. The predicted octanol–water partition coefficient (Wildman–Crippen LogP) is 2.77. The molecule has 1 radical (unpaired) electrons. The number of rotatable bonds is 11. The van der Waals surface area contributed by atoms with Gasteiger partial charge in [-0.2, -0.15) is 0 Å². The molecule has 0 saturated carbocycles. The molecule has 1 atom stereocenters. The monoisotopic (exact) mass is 290 g/mol. The van der Waals surface area contributed by atoms with E-state index in [2.05, 4.69) is 12.2 Å². The van der Waals surface area contributed by atoms with Gasteiger partial charge in [0.1, 0.15) is 0 Å². The Labute approximate surface area is 126 Å². The Kier molecular flexibility index (Phi) is 9.13.